The zero-order valence-electron chi connectivity index (χ0n) is 6.55. The minimum atomic E-state index is -4.68. The average molecular weight is 196 g/mol. The molecule has 0 bridgehead atoms. The maximum Gasteiger partial charge on any atom is 0.373 e. The van der Waals surface area contributed by atoms with Gasteiger partial charge in [-0.15, -0.1) is 0 Å². The van der Waals surface area contributed by atoms with Gasteiger partial charge in [-0.25, -0.2) is 0 Å². The van der Waals surface area contributed by atoms with E-state index in [0.717, 1.165) is 13.8 Å². The van der Waals surface area contributed by atoms with Crippen LogP contribution in [0.25, 0.3) is 0 Å². The monoisotopic (exact) mass is 196 g/mol. The van der Waals surface area contributed by atoms with Crippen molar-refractivity contribution in [1.29, 1.82) is 0 Å². The molecule has 0 radical (unpaired) electrons. The summed E-state index contributed by atoms with van der Waals surface area (Å²) >= 11 is 0. The quantitative estimate of drug-likeness (QED) is 0.472. The molecule has 2 N–H and O–H groups in total. The third-order valence-corrected chi connectivity index (χ3v) is 2.01. The molecule has 0 aliphatic rings. The summed E-state index contributed by atoms with van der Waals surface area (Å²) in [5.74, 6) is -3.74. The van der Waals surface area contributed by atoms with E-state index < -0.39 is 25.2 Å². The predicted octanol–water partition coefficient (Wildman–Crippen LogP) is -0.358. The third kappa shape index (κ3) is 3.61. The van der Waals surface area contributed by atoms with Gasteiger partial charge in [0.05, 0.1) is 0 Å². The lowest BCUT2D eigenvalue weighted by Crippen LogP contribution is -2.24. The summed E-state index contributed by atoms with van der Waals surface area (Å²) in [4.78, 5) is 37.9. The molecule has 0 aromatic rings. The SMILES string of the molecule is CC(=O)OC(C(C)=O)P(=O)(O)O. The Morgan fingerprint density at radius 2 is 1.75 bits per heavy atom. The summed E-state index contributed by atoms with van der Waals surface area (Å²) in [6.45, 7) is 1.90. The van der Waals surface area contributed by atoms with Crippen LogP contribution in [-0.2, 0) is 18.9 Å². The van der Waals surface area contributed by atoms with Gasteiger partial charge in [0.2, 0.25) is 0 Å². The molecule has 12 heavy (non-hydrogen) atoms. The van der Waals surface area contributed by atoms with Gasteiger partial charge in [0.25, 0.3) is 5.85 Å². The fourth-order valence-electron chi connectivity index (χ4n) is 0.546. The minimum Gasteiger partial charge on any atom is -0.441 e. The highest BCUT2D eigenvalue weighted by molar-refractivity contribution is 7.53. The van der Waals surface area contributed by atoms with Crippen molar-refractivity contribution < 1.29 is 28.7 Å². The van der Waals surface area contributed by atoms with Gasteiger partial charge in [-0.1, -0.05) is 0 Å². The molecule has 0 saturated heterocycles. The van der Waals surface area contributed by atoms with E-state index in [1.165, 1.54) is 0 Å². The maximum atomic E-state index is 10.6. The van der Waals surface area contributed by atoms with E-state index in [-0.39, 0.29) is 0 Å². The van der Waals surface area contributed by atoms with Crippen molar-refractivity contribution in [2.45, 2.75) is 19.7 Å². The number of ether oxygens (including phenoxy) is 1. The highest BCUT2D eigenvalue weighted by atomic mass is 31.2. The molecular formula is C5H9O6P. The Kier molecular flexibility index (Phi) is 3.57. The van der Waals surface area contributed by atoms with Crippen LogP contribution in [0.1, 0.15) is 13.8 Å². The lowest BCUT2D eigenvalue weighted by Gasteiger charge is -2.14. The minimum absolute atomic E-state index is 0.876. The third-order valence-electron chi connectivity index (χ3n) is 0.931. The van der Waals surface area contributed by atoms with Crippen LogP contribution in [0.3, 0.4) is 0 Å². The molecule has 70 valence electrons. The maximum absolute atomic E-state index is 10.6. The zero-order valence-corrected chi connectivity index (χ0v) is 7.45. The van der Waals surface area contributed by atoms with E-state index in [1.54, 1.807) is 0 Å². The van der Waals surface area contributed by atoms with Gasteiger partial charge in [0.1, 0.15) is 0 Å². The molecule has 0 aromatic carbocycles. The normalized spacial score (nSPS) is 13.7. The molecule has 0 spiro atoms. The second-order valence-electron chi connectivity index (χ2n) is 2.16. The number of ketones is 1. The van der Waals surface area contributed by atoms with Crippen LogP contribution in [0, 0.1) is 0 Å². The number of esters is 1. The number of Topliss-reactive ketones (excluding diaryl/α,β-unsaturated/α-hetero) is 1. The molecule has 0 heterocycles. The molecule has 0 aromatic heterocycles. The second kappa shape index (κ2) is 3.80. The zero-order chi connectivity index (χ0) is 9.94. The first-order valence-electron chi connectivity index (χ1n) is 2.98. The lowest BCUT2D eigenvalue weighted by atomic mass is 10.5. The Morgan fingerprint density at radius 1 is 1.33 bits per heavy atom. The first-order valence-corrected chi connectivity index (χ1v) is 4.66. The van der Waals surface area contributed by atoms with Gasteiger partial charge in [-0.3, -0.25) is 14.2 Å². The van der Waals surface area contributed by atoms with Crippen LogP contribution in [0.2, 0.25) is 0 Å². The predicted molar refractivity (Wildman–Crippen MR) is 38.3 cm³/mol. The average Bonchev–Trinajstić information content (AvgIpc) is 1.79. The Morgan fingerprint density at radius 3 is 1.83 bits per heavy atom. The summed E-state index contributed by atoms with van der Waals surface area (Å²) in [5.41, 5.74) is 0. The van der Waals surface area contributed by atoms with Crippen molar-refractivity contribution in [3.05, 3.63) is 0 Å². The summed E-state index contributed by atoms with van der Waals surface area (Å²) in [6.07, 6.45) is 0. The molecule has 1 unspecified atom stereocenters. The van der Waals surface area contributed by atoms with Crippen LogP contribution in [0.5, 0.6) is 0 Å². The van der Waals surface area contributed by atoms with Crippen molar-refractivity contribution >= 4 is 19.3 Å². The summed E-state index contributed by atoms with van der Waals surface area (Å²) in [5, 5.41) is 0. The van der Waals surface area contributed by atoms with Gasteiger partial charge >= 0.3 is 13.6 Å². The first kappa shape index (κ1) is 11.3. The van der Waals surface area contributed by atoms with E-state index in [1.807, 2.05) is 0 Å². The Bertz CT molecular complexity index is 240. The number of rotatable bonds is 3. The fourth-order valence-corrected chi connectivity index (χ4v) is 1.31. The molecule has 0 fully saturated rings. The van der Waals surface area contributed by atoms with Crippen LogP contribution in [0.4, 0.5) is 0 Å². The molecule has 0 amide bonds. The molecule has 6 nitrogen and oxygen atoms in total. The van der Waals surface area contributed by atoms with Crippen molar-refractivity contribution in [3.8, 4) is 0 Å². The molecule has 1 atom stereocenters. The Hall–Kier alpha value is -0.710. The molecule has 0 rings (SSSR count). The number of carbonyl (C=O) groups is 2. The van der Waals surface area contributed by atoms with E-state index in [9.17, 15) is 14.2 Å². The molecule has 0 aliphatic heterocycles. The number of carbonyl (C=O) groups excluding carboxylic acids is 2. The second-order valence-corrected chi connectivity index (χ2v) is 3.81. The van der Waals surface area contributed by atoms with Crippen molar-refractivity contribution in [2.75, 3.05) is 0 Å². The van der Waals surface area contributed by atoms with Crippen molar-refractivity contribution in [2.24, 2.45) is 0 Å². The highest BCUT2D eigenvalue weighted by Crippen LogP contribution is 2.42. The van der Waals surface area contributed by atoms with E-state index in [4.69, 9.17) is 9.79 Å². The highest BCUT2D eigenvalue weighted by Gasteiger charge is 2.35. The summed E-state index contributed by atoms with van der Waals surface area (Å²) < 4.78 is 14.6. The molecular weight excluding hydrogens is 187 g/mol. The fraction of sp³-hybridized carbons (Fsp3) is 0.600. The van der Waals surface area contributed by atoms with Gasteiger partial charge in [0, 0.05) is 6.92 Å². The summed E-state index contributed by atoms with van der Waals surface area (Å²) in [6, 6.07) is 0. The Balaban J connectivity index is 4.58. The van der Waals surface area contributed by atoms with Crippen LogP contribution < -0.4 is 0 Å². The molecule has 0 aliphatic carbocycles. The standard InChI is InChI=1S/C5H9O6P/c1-3(6)5(11-4(2)7)12(8,9)10/h5H,1-2H3,(H2,8,9,10). The molecule has 0 saturated carbocycles. The number of hydrogen-bond acceptors (Lipinski definition) is 4. The van der Waals surface area contributed by atoms with E-state index in [0.29, 0.717) is 0 Å². The van der Waals surface area contributed by atoms with Crippen molar-refractivity contribution in [1.82, 2.24) is 0 Å². The first-order chi connectivity index (χ1) is 5.25. The van der Waals surface area contributed by atoms with Crippen LogP contribution in [-0.4, -0.2) is 27.4 Å². The Labute approximate surface area is 68.7 Å². The molecule has 7 heteroatoms. The topological polar surface area (TPSA) is 101 Å². The van der Waals surface area contributed by atoms with Gasteiger partial charge in [-0.05, 0) is 6.92 Å². The van der Waals surface area contributed by atoms with Gasteiger partial charge in [-0.2, -0.15) is 0 Å². The van der Waals surface area contributed by atoms with Gasteiger partial charge < -0.3 is 14.5 Å². The van der Waals surface area contributed by atoms with Crippen LogP contribution >= 0.6 is 7.60 Å². The lowest BCUT2D eigenvalue weighted by molar-refractivity contribution is -0.148. The number of hydrogen-bond donors (Lipinski definition) is 2. The summed E-state index contributed by atoms with van der Waals surface area (Å²) in [7, 11) is -4.68. The van der Waals surface area contributed by atoms with E-state index >= 15 is 0 Å². The van der Waals surface area contributed by atoms with Crippen LogP contribution in [0.15, 0.2) is 0 Å². The van der Waals surface area contributed by atoms with Gasteiger partial charge in [0.15, 0.2) is 5.78 Å². The largest absolute Gasteiger partial charge is 0.441 e. The smallest absolute Gasteiger partial charge is 0.373 e. The van der Waals surface area contributed by atoms with E-state index in [2.05, 4.69) is 4.74 Å². The van der Waals surface area contributed by atoms with Crippen molar-refractivity contribution in [3.63, 3.8) is 0 Å².